The monoisotopic (exact) mass is 404 g/mol. The molecule has 0 bridgehead atoms. The maximum atomic E-state index is 13.7. The van der Waals surface area contributed by atoms with Crippen LogP contribution in [-0.4, -0.2) is 44.9 Å². The normalized spacial score (nSPS) is 15.6. The fourth-order valence-electron chi connectivity index (χ4n) is 2.77. The highest BCUT2D eigenvalue weighted by Gasteiger charge is 2.25. The predicted molar refractivity (Wildman–Crippen MR) is 105 cm³/mol. The van der Waals surface area contributed by atoms with Gasteiger partial charge in [-0.1, -0.05) is 18.2 Å². The van der Waals surface area contributed by atoms with Crippen molar-refractivity contribution in [3.05, 3.63) is 65.5 Å². The van der Waals surface area contributed by atoms with Crippen LogP contribution < -0.4 is 5.32 Å². The number of halogens is 1. The average Bonchev–Trinajstić information content (AvgIpc) is 2.70. The summed E-state index contributed by atoms with van der Waals surface area (Å²) in [5.74, 6) is -0.987. The van der Waals surface area contributed by atoms with Gasteiger partial charge in [0, 0.05) is 19.2 Å². The molecule has 1 fully saturated rings. The first-order valence-electron chi connectivity index (χ1n) is 8.79. The van der Waals surface area contributed by atoms with Crippen LogP contribution in [0.2, 0.25) is 0 Å². The summed E-state index contributed by atoms with van der Waals surface area (Å²) in [5, 5.41) is 2.48. The van der Waals surface area contributed by atoms with Gasteiger partial charge in [0.2, 0.25) is 15.9 Å². The Balaban J connectivity index is 1.66. The first-order chi connectivity index (χ1) is 13.4. The van der Waals surface area contributed by atoms with Crippen molar-refractivity contribution in [3.8, 4) is 0 Å². The third-order valence-electron chi connectivity index (χ3n) is 4.29. The van der Waals surface area contributed by atoms with Crippen molar-refractivity contribution in [2.24, 2.45) is 0 Å². The molecule has 0 atom stereocenters. The van der Waals surface area contributed by atoms with Crippen molar-refractivity contribution < 1.29 is 22.3 Å². The number of hydrogen-bond acceptors (Lipinski definition) is 4. The molecule has 3 rings (SSSR count). The summed E-state index contributed by atoms with van der Waals surface area (Å²) < 4.78 is 45.4. The number of morpholine rings is 1. The number of benzene rings is 2. The number of nitrogens with one attached hydrogen (secondary N) is 1. The first-order valence-corrected chi connectivity index (χ1v) is 10.2. The number of anilines is 1. The second kappa shape index (κ2) is 8.64. The molecule has 2 aromatic rings. The van der Waals surface area contributed by atoms with Crippen LogP contribution in [0.4, 0.5) is 10.1 Å². The Labute approximate surface area is 163 Å². The molecule has 1 amide bonds. The number of aryl methyl sites for hydroxylation is 1. The molecule has 8 heteroatoms. The minimum atomic E-state index is -3.55. The lowest BCUT2D eigenvalue weighted by molar-refractivity contribution is -0.111. The number of rotatable bonds is 5. The summed E-state index contributed by atoms with van der Waals surface area (Å²) in [6.45, 7) is 3.24. The lowest BCUT2D eigenvalue weighted by atomic mass is 10.2. The minimum Gasteiger partial charge on any atom is -0.379 e. The Morgan fingerprint density at radius 2 is 1.82 bits per heavy atom. The molecule has 0 aromatic heterocycles. The van der Waals surface area contributed by atoms with Crippen LogP contribution in [-0.2, 0) is 19.6 Å². The van der Waals surface area contributed by atoms with E-state index in [4.69, 9.17) is 4.74 Å². The third kappa shape index (κ3) is 4.83. The number of hydrogen-bond donors (Lipinski definition) is 1. The summed E-state index contributed by atoms with van der Waals surface area (Å²) in [7, 11) is -3.55. The van der Waals surface area contributed by atoms with E-state index in [9.17, 15) is 17.6 Å². The first kappa shape index (κ1) is 20.2. The highest BCUT2D eigenvalue weighted by atomic mass is 32.2. The second-order valence-electron chi connectivity index (χ2n) is 6.39. The average molecular weight is 404 g/mol. The Kier molecular flexibility index (Phi) is 6.23. The van der Waals surface area contributed by atoms with Gasteiger partial charge in [-0.25, -0.2) is 12.8 Å². The fraction of sp³-hybridized carbons (Fsp3) is 0.250. The standard InChI is InChI=1S/C20H21FN2O4S/c1-15-2-8-18(21)19(14-15)22-20(24)9-5-16-3-6-17(7-4-16)28(25,26)23-10-12-27-13-11-23/h2-9,14H,10-13H2,1H3,(H,22,24)/b9-5+. The smallest absolute Gasteiger partial charge is 0.248 e. The Bertz CT molecular complexity index is 982. The quantitative estimate of drug-likeness (QED) is 0.778. The van der Waals surface area contributed by atoms with Gasteiger partial charge < -0.3 is 10.1 Å². The summed E-state index contributed by atoms with van der Waals surface area (Å²) in [4.78, 5) is 12.2. The molecule has 6 nitrogen and oxygen atoms in total. The Morgan fingerprint density at radius 1 is 1.14 bits per heavy atom. The number of carbonyl (C=O) groups excluding carboxylic acids is 1. The molecule has 1 aliphatic rings. The zero-order valence-electron chi connectivity index (χ0n) is 15.4. The Hall–Kier alpha value is -2.55. The van der Waals surface area contributed by atoms with Gasteiger partial charge in [-0.05, 0) is 48.4 Å². The van der Waals surface area contributed by atoms with Crippen LogP contribution in [0.25, 0.3) is 6.08 Å². The van der Waals surface area contributed by atoms with E-state index in [1.165, 1.54) is 34.7 Å². The van der Waals surface area contributed by atoms with Crippen molar-refractivity contribution in [1.29, 1.82) is 0 Å². The van der Waals surface area contributed by atoms with Gasteiger partial charge >= 0.3 is 0 Å². The van der Waals surface area contributed by atoms with Crippen LogP contribution in [0.15, 0.2) is 53.4 Å². The van der Waals surface area contributed by atoms with E-state index >= 15 is 0 Å². The lowest BCUT2D eigenvalue weighted by Gasteiger charge is -2.26. The van der Waals surface area contributed by atoms with Crippen molar-refractivity contribution in [2.45, 2.75) is 11.8 Å². The minimum absolute atomic E-state index is 0.113. The largest absolute Gasteiger partial charge is 0.379 e. The second-order valence-corrected chi connectivity index (χ2v) is 8.33. The molecule has 1 aliphatic heterocycles. The predicted octanol–water partition coefficient (Wildman–Crippen LogP) is 2.81. The van der Waals surface area contributed by atoms with Gasteiger partial charge in [-0.3, -0.25) is 4.79 Å². The highest BCUT2D eigenvalue weighted by molar-refractivity contribution is 7.89. The van der Waals surface area contributed by atoms with Crippen molar-refractivity contribution in [2.75, 3.05) is 31.6 Å². The van der Waals surface area contributed by atoms with Crippen molar-refractivity contribution in [1.82, 2.24) is 4.31 Å². The van der Waals surface area contributed by atoms with E-state index in [0.29, 0.717) is 31.9 Å². The molecule has 1 heterocycles. The summed E-state index contributed by atoms with van der Waals surface area (Å²) in [6.07, 6.45) is 2.81. The zero-order valence-corrected chi connectivity index (χ0v) is 16.2. The van der Waals surface area contributed by atoms with Crippen molar-refractivity contribution in [3.63, 3.8) is 0 Å². The van der Waals surface area contributed by atoms with Crippen LogP contribution in [0.3, 0.4) is 0 Å². The Morgan fingerprint density at radius 3 is 2.50 bits per heavy atom. The molecule has 148 valence electrons. The zero-order chi connectivity index (χ0) is 20.1. The fourth-order valence-corrected chi connectivity index (χ4v) is 4.18. The van der Waals surface area contributed by atoms with Gasteiger partial charge in [0.15, 0.2) is 0 Å². The molecule has 0 saturated carbocycles. The summed E-state index contributed by atoms with van der Waals surface area (Å²) in [6, 6.07) is 10.7. The van der Waals surface area contributed by atoms with Gasteiger partial charge in [0.1, 0.15) is 5.82 Å². The third-order valence-corrected chi connectivity index (χ3v) is 6.21. The van der Waals surface area contributed by atoms with E-state index in [-0.39, 0.29) is 10.6 Å². The topological polar surface area (TPSA) is 75.7 Å². The van der Waals surface area contributed by atoms with Gasteiger partial charge in [-0.15, -0.1) is 0 Å². The maximum absolute atomic E-state index is 13.7. The number of amides is 1. The lowest BCUT2D eigenvalue weighted by Crippen LogP contribution is -2.40. The SMILES string of the molecule is Cc1ccc(F)c(NC(=O)/C=C/c2ccc(S(=O)(=O)N3CCOCC3)cc2)c1. The van der Waals surface area contributed by atoms with Crippen LogP contribution in [0, 0.1) is 12.7 Å². The molecule has 1 N–H and O–H groups in total. The molecular weight excluding hydrogens is 383 g/mol. The van der Waals surface area contributed by atoms with Gasteiger partial charge in [0.25, 0.3) is 0 Å². The molecule has 0 aliphatic carbocycles. The molecule has 2 aromatic carbocycles. The molecule has 28 heavy (non-hydrogen) atoms. The van der Waals surface area contributed by atoms with Crippen LogP contribution in [0.1, 0.15) is 11.1 Å². The van der Waals surface area contributed by atoms with Crippen LogP contribution >= 0.6 is 0 Å². The van der Waals surface area contributed by atoms with E-state index in [0.717, 1.165) is 5.56 Å². The van der Waals surface area contributed by atoms with E-state index in [2.05, 4.69) is 5.32 Å². The van der Waals surface area contributed by atoms with E-state index in [1.54, 1.807) is 31.2 Å². The molecule has 0 radical (unpaired) electrons. The van der Waals surface area contributed by atoms with E-state index in [1.807, 2.05) is 0 Å². The number of carbonyl (C=O) groups is 1. The molecule has 0 unspecified atom stereocenters. The summed E-state index contributed by atoms with van der Waals surface area (Å²) >= 11 is 0. The van der Waals surface area contributed by atoms with Crippen LogP contribution in [0.5, 0.6) is 0 Å². The molecular formula is C20H21FN2O4S. The van der Waals surface area contributed by atoms with Gasteiger partial charge in [-0.2, -0.15) is 4.31 Å². The van der Waals surface area contributed by atoms with Crippen molar-refractivity contribution >= 4 is 27.7 Å². The maximum Gasteiger partial charge on any atom is 0.248 e. The number of sulfonamides is 1. The van der Waals surface area contributed by atoms with Gasteiger partial charge in [0.05, 0.1) is 23.8 Å². The highest BCUT2D eigenvalue weighted by Crippen LogP contribution is 2.19. The summed E-state index contributed by atoms with van der Waals surface area (Å²) in [5.41, 5.74) is 1.60. The van der Waals surface area contributed by atoms with E-state index < -0.39 is 21.7 Å². The molecule has 0 spiro atoms. The number of ether oxygens (including phenoxy) is 1. The molecule has 1 saturated heterocycles. The number of nitrogens with zero attached hydrogens (tertiary/aromatic N) is 1.